The summed E-state index contributed by atoms with van der Waals surface area (Å²) in [6.45, 7) is 0. The molecular formula is C19H13N3O2. The van der Waals surface area contributed by atoms with Gasteiger partial charge in [0.05, 0.1) is 17.2 Å². The molecule has 0 fully saturated rings. The number of pyridine rings is 1. The van der Waals surface area contributed by atoms with Crippen LogP contribution in [0.4, 0.5) is 5.69 Å². The van der Waals surface area contributed by atoms with Crippen molar-refractivity contribution in [2.75, 3.05) is 5.32 Å². The van der Waals surface area contributed by atoms with Crippen LogP contribution in [0.3, 0.4) is 0 Å². The molecule has 0 radical (unpaired) electrons. The van der Waals surface area contributed by atoms with Gasteiger partial charge < -0.3 is 10.3 Å². The van der Waals surface area contributed by atoms with E-state index in [1.54, 1.807) is 30.3 Å². The lowest BCUT2D eigenvalue weighted by atomic mass is 10.1. The molecule has 2 N–H and O–H groups in total. The van der Waals surface area contributed by atoms with E-state index in [0.717, 1.165) is 5.56 Å². The minimum atomic E-state index is -0.362. The number of anilines is 1. The van der Waals surface area contributed by atoms with Crippen LogP contribution in [0.25, 0.3) is 11.1 Å². The lowest BCUT2D eigenvalue weighted by Crippen LogP contribution is -2.16. The first-order chi connectivity index (χ1) is 11.7. The lowest BCUT2D eigenvalue weighted by molar-refractivity contribution is 0.102. The Hall–Kier alpha value is -3.65. The second-order valence-electron chi connectivity index (χ2n) is 5.14. The number of aromatic amines is 1. The lowest BCUT2D eigenvalue weighted by Gasteiger charge is -2.07. The van der Waals surface area contributed by atoms with Crippen LogP contribution in [0.15, 0.2) is 71.7 Å². The van der Waals surface area contributed by atoms with Crippen molar-refractivity contribution in [2.45, 2.75) is 0 Å². The quantitative estimate of drug-likeness (QED) is 0.778. The molecule has 116 valence electrons. The van der Waals surface area contributed by atoms with E-state index >= 15 is 0 Å². The van der Waals surface area contributed by atoms with E-state index in [-0.39, 0.29) is 11.5 Å². The molecule has 0 unspecified atom stereocenters. The van der Waals surface area contributed by atoms with Gasteiger partial charge in [-0.15, -0.1) is 0 Å². The van der Waals surface area contributed by atoms with Crippen LogP contribution < -0.4 is 10.9 Å². The first-order valence-electron chi connectivity index (χ1n) is 7.27. The molecule has 0 aliphatic carbocycles. The van der Waals surface area contributed by atoms with Crippen molar-refractivity contribution in [1.82, 2.24) is 4.98 Å². The van der Waals surface area contributed by atoms with Gasteiger partial charge in [0.25, 0.3) is 11.5 Å². The molecule has 0 saturated carbocycles. The van der Waals surface area contributed by atoms with Gasteiger partial charge in [-0.25, -0.2) is 0 Å². The number of nitriles is 1. The van der Waals surface area contributed by atoms with Crippen LogP contribution in [-0.4, -0.2) is 10.9 Å². The number of benzene rings is 2. The van der Waals surface area contributed by atoms with Gasteiger partial charge in [0.2, 0.25) is 0 Å². The van der Waals surface area contributed by atoms with Crippen LogP contribution in [0.2, 0.25) is 0 Å². The third-order valence-electron chi connectivity index (χ3n) is 3.50. The molecule has 0 atom stereocenters. The number of H-pyrrole nitrogens is 1. The third-order valence-corrected chi connectivity index (χ3v) is 3.50. The molecule has 0 saturated heterocycles. The third kappa shape index (κ3) is 3.23. The first-order valence-corrected chi connectivity index (χ1v) is 7.27. The predicted octanol–water partition coefficient (Wildman–Crippen LogP) is 3.17. The highest BCUT2D eigenvalue weighted by Gasteiger charge is 2.11. The topological polar surface area (TPSA) is 85.8 Å². The highest BCUT2D eigenvalue weighted by molar-refractivity contribution is 6.04. The zero-order valence-corrected chi connectivity index (χ0v) is 12.6. The summed E-state index contributed by atoms with van der Waals surface area (Å²) in [5.41, 5.74) is 2.21. The molecule has 0 bridgehead atoms. The average molecular weight is 315 g/mol. The van der Waals surface area contributed by atoms with Crippen molar-refractivity contribution in [3.63, 3.8) is 0 Å². The van der Waals surface area contributed by atoms with Crippen LogP contribution >= 0.6 is 0 Å². The molecule has 2 aromatic carbocycles. The van der Waals surface area contributed by atoms with Crippen molar-refractivity contribution in [1.29, 1.82) is 5.26 Å². The summed E-state index contributed by atoms with van der Waals surface area (Å²) in [7, 11) is 0. The van der Waals surface area contributed by atoms with Crippen molar-refractivity contribution >= 4 is 11.6 Å². The van der Waals surface area contributed by atoms with E-state index in [0.29, 0.717) is 22.4 Å². The van der Waals surface area contributed by atoms with E-state index < -0.39 is 0 Å². The van der Waals surface area contributed by atoms with E-state index in [1.807, 2.05) is 36.4 Å². The molecule has 3 rings (SSSR count). The second-order valence-corrected chi connectivity index (χ2v) is 5.14. The fourth-order valence-corrected chi connectivity index (χ4v) is 2.32. The van der Waals surface area contributed by atoms with Crippen LogP contribution in [0.1, 0.15) is 15.9 Å². The van der Waals surface area contributed by atoms with Crippen molar-refractivity contribution in [3.8, 4) is 17.2 Å². The highest BCUT2D eigenvalue weighted by atomic mass is 16.1. The zero-order valence-electron chi connectivity index (χ0n) is 12.6. The van der Waals surface area contributed by atoms with Crippen LogP contribution in [0, 0.1) is 11.3 Å². The Morgan fingerprint density at radius 3 is 2.58 bits per heavy atom. The second kappa shape index (κ2) is 6.63. The van der Waals surface area contributed by atoms with Crippen molar-refractivity contribution < 1.29 is 4.79 Å². The van der Waals surface area contributed by atoms with E-state index in [2.05, 4.69) is 10.3 Å². The molecule has 3 aromatic rings. The Morgan fingerprint density at radius 1 is 1.04 bits per heavy atom. The van der Waals surface area contributed by atoms with Gasteiger partial charge >= 0.3 is 0 Å². The molecule has 0 spiro atoms. The Labute approximate surface area is 138 Å². The summed E-state index contributed by atoms with van der Waals surface area (Å²) in [4.78, 5) is 27.0. The van der Waals surface area contributed by atoms with E-state index in [4.69, 9.17) is 5.26 Å². The fraction of sp³-hybridized carbons (Fsp3) is 0. The van der Waals surface area contributed by atoms with Gasteiger partial charge in [-0.2, -0.15) is 5.26 Å². The molecule has 1 amide bonds. The Bertz CT molecular complexity index is 985. The van der Waals surface area contributed by atoms with E-state index in [1.165, 1.54) is 6.20 Å². The van der Waals surface area contributed by atoms with Crippen molar-refractivity contribution in [3.05, 3.63) is 88.3 Å². The Kier molecular flexibility index (Phi) is 4.21. The van der Waals surface area contributed by atoms with Gasteiger partial charge in [-0.1, -0.05) is 36.4 Å². The Morgan fingerprint density at radius 2 is 1.83 bits per heavy atom. The minimum absolute atomic E-state index is 0.260. The fourth-order valence-electron chi connectivity index (χ4n) is 2.32. The number of nitrogens with one attached hydrogen (secondary N) is 2. The number of amides is 1. The van der Waals surface area contributed by atoms with Gasteiger partial charge in [0.1, 0.15) is 0 Å². The SMILES string of the molecule is N#Cc1cccc(NC(=O)c2c[nH]c(=O)c(-c3ccccc3)c2)c1. The maximum absolute atomic E-state index is 12.4. The highest BCUT2D eigenvalue weighted by Crippen LogP contribution is 2.17. The number of nitrogens with zero attached hydrogens (tertiary/aromatic N) is 1. The molecule has 0 aliphatic heterocycles. The van der Waals surface area contributed by atoms with E-state index in [9.17, 15) is 9.59 Å². The summed E-state index contributed by atoms with van der Waals surface area (Å²) in [5.74, 6) is -0.362. The summed E-state index contributed by atoms with van der Waals surface area (Å²) < 4.78 is 0. The minimum Gasteiger partial charge on any atom is -0.328 e. The Balaban J connectivity index is 1.91. The molecular weight excluding hydrogens is 302 g/mol. The maximum atomic E-state index is 12.4. The van der Waals surface area contributed by atoms with Gasteiger partial charge in [-0.3, -0.25) is 9.59 Å². The number of hydrogen-bond acceptors (Lipinski definition) is 3. The molecule has 1 aromatic heterocycles. The number of carbonyl (C=O) groups is 1. The largest absolute Gasteiger partial charge is 0.328 e. The monoisotopic (exact) mass is 315 g/mol. The maximum Gasteiger partial charge on any atom is 0.257 e. The number of aromatic nitrogens is 1. The zero-order chi connectivity index (χ0) is 16.9. The van der Waals surface area contributed by atoms with Gasteiger partial charge in [0, 0.05) is 17.4 Å². The summed E-state index contributed by atoms with van der Waals surface area (Å²) in [5, 5.41) is 11.6. The first kappa shape index (κ1) is 15.3. The van der Waals surface area contributed by atoms with Gasteiger partial charge in [0.15, 0.2) is 0 Å². The molecule has 5 heteroatoms. The van der Waals surface area contributed by atoms with Gasteiger partial charge in [-0.05, 0) is 29.8 Å². The predicted molar refractivity (Wildman–Crippen MR) is 91.6 cm³/mol. The molecule has 0 aliphatic rings. The van der Waals surface area contributed by atoms with Crippen LogP contribution in [0.5, 0.6) is 0 Å². The number of rotatable bonds is 3. The smallest absolute Gasteiger partial charge is 0.257 e. The van der Waals surface area contributed by atoms with Crippen molar-refractivity contribution in [2.24, 2.45) is 0 Å². The summed E-state index contributed by atoms with van der Waals surface area (Å²) in [6.07, 6.45) is 1.37. The summed E-state index contributed by atoms with van der Waals surface area (Å²) in [6, 6.07) is 19.3. The molecule has 1 heterocycles. The summed E-state index contributed by atoms with van der Waals surface area (Å²) >= 11 is 0. The normalized spacial score (nSPS) is 9.96. The molecule has 5 nitrogen and oxygen atoms in total. The average Bonchev–Trinajstić information content (AvgIpc) is 2.63. The number of carbonyl (C=O) groups excluding carboxylic acids is 1. The molecule has 24 heavy (non-hydrogen) atoms. The number of hydrogen-bond donors (Lipinski definition) is 2. The van der Waals surface area contributed by atoms with Crippen LogP contribution in [-0.2, 0) is 0 Å². The standard InChI is InChI=1S/C19H13N3O2/c20-11-13-5-4-8-16(9-13)22-18(23)15-10-17(19(24)21-12-15)14-6-2-1-3-7-14/h1-10,12H,(H,21,24)(H,22,23).